The first kappa shape index (κ1) is 17.8. The molecular weight excluding hydrogens is 336 g/mol. The van der Waals surface area contributed by atoms with Crippen molar-refractivity contribution in [2.75, 3.05) is 31.1 Å². The van der Waals surface area contributed by atoms with Crippen molar-refractivity contribution in [2.45, 2.75) is 32.7 Å². The Bertz CT molecular complexity index is 735. The van der Waals surface area contributed by atoms with Crippen molar-refractivity contribution in [3.8, 4) is 0 Å². The molecule has 1 saturated heterocycles. The van der Waals surface area contributed by atoms with Crippen LogP contribution in [0.15, 0.2) is 36.7 Å². The number of piperazine rings is 1. The molecule has 0 spiro atoms. The molecule has 1 atom stereocenters. The Morgan fingerprint density at radius 2 is 1.80 bits per heavy atom. The molecule has 2 aromatic rings. The lowest BCUT2D eigenvalue weighted by atomic mass is 10.1. The monoisotopic (exact) mass is 360 g/mol. The van der Waals surface area contributed by atoms with Crippen LogP contribution < -0.4 is 4.90 Å². The first-order chi connectivity index (χ1) is 12.0. The molecule has 1 aliphatic heterocycles. The number of aromatic nitrogens is 2. The van der Waals surface area contributed by atoms with E-state index in [4.69, 9.17) is 11.6 Å². The standard InChI is InChI=1S/C19H25ClN4O/c1-14(2)18-21-8-9-24(18)15(3)19(25)23-12-10-22(11-13-23)17-7-5-4-6-16(17)20/h4-9,14-15H,10-13H2,1-3H3/t15-/m0/s1. The zero-order valence-corrected chi connectivity index (χ0v) is 15.8. The smallest absolute Gasteiger partial charge is 0.245 e. The zero-order chi connectivity index (χ0) is 18.0. The lowest BCUT2D eigenvalue weighted by molar-refractivity contribution is -0.134. The third-order valence-corrected chi connectivity index (χ3v) is 5.09. The number of carbonyl (C=O) groups is 1. The number of hydrogen-bond donors (Lipinski definition) is 0. The van der Waals surface area contributed by atoms with Crippen molar-refractivity contribution >= 4 is 23.2 Å². The van der Waals surface area contributed by atoms with Crippen LogP contribution in [0.5, 0.6) is 0 Å². The Kier molecular flexibility index (Phi) is 5.33. The van der Waals surface area contributed by atoms with E-state index in [1.807, 2.05) is 46.9 Å². The highest BCUT2D eigenvalue weighted by atomic mass is 35.5. The predicted molar refractivity (Wildman–Crippen MR) is 101 cm³/mol. The quantitative estimate of drug-likeness (QED) is 0.837. The fourth-order valence-corrected chi connectivity index (χ4v) is 3.61. The summed E-state index contributed by atoms with van der Waals surface area (Å²) >= 11 is 6.29. The molecule has 1 aromatic carbocycles. The molecule has 1 aliphatic rings. The topological polar surface area (TPSA) is 41.4 Å². The third-order valence-electron chi connectivity index (χ3n) is 4.77. The molecule has 0 bridgehead atoms. The molecule has 1 amide bonds. The first-order valence-corrected chi connectivity index (χ1v) is 9.18. The number of rotatable bonds is 4. The van der Waals surface area contributed by atoms with Gasteiger partial charge in [-0.05, 0) is 19.1 Å². The second-order valence-electron chi connectivity index (χ2n) is 6.79. The fraction of sp³-hybridized carbons (Fsp3) is 0.474. The maximum Gasteiger partial charge on any atom is 0.245 e. The Morgan fingerprint density at radius 1 is 1.12 bits per heavy atom. The lowest BCUT2D eigenvalue weighted by Gasteiger charge is -2.37. The van der Waals surface area contributed by atoms with E-state index in [2.05, 4.69) is 23.7 Å². The average molecular weight is 361 g/mol. The second kappa shape index (κ2) is 7.48. The summed E-state index contributed by atoms with van der Waals surface area (Å²) in [5.41, 5.74) is 1.04. The van der Waals surface area contributed by atoms with Crippen LogP contribution in [-0.2, 0) is 4.79 Å². The molecule has 0 N–H and O–H groups in total. The van der Waals surface area contributed by atoms with Gasteiger partial charge in [0.25, 0.3) is 0 Å². The van der Waals surface area contributed by atoms with Gasteiger partial charge in [-0.1, -0.05) is 37.6 Å². The van der Waals surface area contributed by atoms with Gasteiger partial charge in [0.1, 0.15) is 11.9 Å². The molecule has 3 rings (SSSR count). The lowest BCUT2D eigenvalue weighted by Crippen LogP contribution is -2.50. The number of carbonyl (C=O) groups excluding carboxylic acids is 1. The van der Waals surface area contributed by atoms with Crippen LogP contribution in [0, 0.1) is 0 Å². The zero-order valence-electron chi connectivity index (χ0n) is 15.0. The molecule has 6 heteroatoms. The molecule has 0 unspecified atom stereocenters. The van der Waals surface area contributed by atoms with E-state index in [-0.39, 0.29) is 11.9 Å². The second-order valence-corrected chi connectivity index (χ2v) is 7.19. The minimum atomic E-state index is -0.230. The van der Waals surface area contributed by atoms with Crippen molar-refractivity contribution in [2.24, 2.45) is 0 Å². The molecule has 1 aromatic heterocycles. The SMILES string of the molecule is CC(C)c1nccn1[C@@H](C)C(=O)N1CCN(c2ccccc2Cl)CC1. The minimum absolute atomic E-state index is 0.152. The Balaban J connectivity index is 1.65. The van der Waals surface area contributed by atoms with Crippen molar-refractivity contribution in [1.82, 2.24) is 14.5 Å². The Labute approximate surface area is 154 Å². The highest BCUT2D eigenvalue weighted by molar-refractivity contribution is 6.33. The highest BCUT2D eigenvalue weighted by Crippen LogP contribution is 2.26. The van der Waals surface area contributed by atoms with Crippen molar-refractivity contribution in [3.05, 3.63) is 47.5 Å². The summed E-state index contributed by atoms with van der Waals surface area (Å²) in [7, 11) is 0. The number of imidazole rings is 1. The summed E-state index contributed by atoms with van der Waals surface area (Å²) < 4.78 is 1.99. The Hall–Kier alpha value is -2.01. The molecular formula is C19H25ClN4O. The largest absolute Gasteiger partial charge is 0.367 e. The summed E-state index contributed by atoms with van der Waals surface area (Å²) in [6.07, 6.45) is 3.67. The maximum atomic E-state index is 12.9. The van der Waals surface area contributed by atoms with E-state index in [1.54, 1.807) is 6.20 Å². The minimum Gasteiger partial charge on any atom is -0.367 e. The number of nitrogens with zero attached hydrogens (tertiary/aromatic N) is 4. The highest BCUT2D eigenvalue weighted by Gasteiger charge is 2.27. The van der Waals surface area contributed by atoms with Crippen LogP contribution in [0.2, 0.25) is 5.02 Å². The number of anilines is 1. The number of amides is 1. The van der Waals surface area contributed by atoms with Crippen LogP contribution in [0.25, 0.3) is 0 Å². The molecule has 0 aliphatic carbocycles. The van der Waals surface area contributed by atoms with Gasteiger partial charge in [0, 0.05) is 44.5 Å². The van der Waals surface area contributed by atoms with Gasteiger partial charge < -0.3 is 14.4 Å². The van der Waals surface area contributed by atoms with Crippen LogP contribution in [0.3, 0.4) is 0 Å². The van der Waals surface area contributed by atoms with Gasteiger partial charge in [-0.2, -0.15) is 0 Å². The van der Waals surface area contributed by atoms with Gasteiger partial charge in [0.05, 0.1) is 10.7 Å². The fourth-order valence-electron chi connectivity index (χ4n) is 3.36. The summed E-state index contributed by atoms with van der Waals surface area (Å²) in [4.78, 5) is 21.5. The summed E-state index contributed by atoms with van der Waals surface area (Å²) in [5.74, 6) is 1.40. The molecule has 0 radical (unpaired) electrons. The van der Waals surface area contributed by atoms with Crippen molar-refractivity contribution < 1.29 is 4.79 Å². The third kappa shape index (κ3) is 3.66. The van der Waals surface area contributed by atoms with Crippen molar-refractivity contribution in [3.63, 3.8) is 0 Å². The average Bonchev–Trinajstić information content (AvgIpc) is 3.11. The molecule has 2 heterocycles. The normalized spacial score (nSPS) is 16.4. The van der Waals surface area contributed by atoms with Gasteiger partial charge in [-0.25, -0.2) is 4.98 Å². The number of para-hydroxylation sites is 1. The van der Waals surface area contributed by atoms with Crippen molar-refractivity contribution in [1.29, 1.82) is 0 Å². The van der Waals surface area contributed by atoms with Crippen LogP contribution in [0.4, 0.5) is 5.69 Å². The number of benzene rings is 1. The van der Waals surface area contributed by atoms with Crippen LogP contribution in [0.1, 0.15) is 38.6 Å². The summed E-state index contributed by atoms with van der Waals surface area (Å²) in [6.45, 7) is 9.15. The van der Waals surface area contributed by atoms with Crippen LogP contribution in [-0.4, -0.2) is 46.5 Å². The maximum absolute atomic E-state index is 12.9. The van der Waals surface area contributed by atoms with E-state index < -0.39 is 0 Å². The molecule has 25 heavy (non-hydrogen) atoms. The number of halogens is 1. The molecule has 5 nitrogen and oxygen atoms in total. The van der Waals surface area contributed by atoms with Gasteiger partial charge in [-0.15, -0.1) is 0 Å². The van der Waals surface area contributed by atoms with E-state index in [9.17, 15) is 4.79 Å². The van der Waals surface area contributed by atoms with E-state index in [0.717, 1.165) is 29.6 Å². The Morgan fingerprint density at radius 3 is 2.44 bits per heavy atom. The van der Waals surface area contributed by atoms with E-state index in [0.29, 0.717) is 19.0 Å². The van der Waals surface area contributed by atoms with Gasteiger partial charge in [0.2, 0.25) is 5.91 Å². The molecule has 0 saturated carbocycles. The predicted octanol–water partition coefficient (Wildman–Crippen LogP) is 3.57. The molecule has 134 valence electrons. The molecule has 1 fully saturated rings. The van der Waals surface area contributed by atoms with Crippen LogP contribution >= 0.6 is 11.6 Å². The van der Waals surface area contributed by atoms with Gasteiger partial charge in [0.15, 0.2) is 0 Å². The van der Waals surface area contributed by atoms with Gasteiger partial charge in [-0.3, -0.25) is 4.79 Å². The van der Waals surface area contributed by atoms with Gasteiger partial charge >= 0.3 is 0 Å². The first-order valence-electron chi connectivity index (χ1n) is 8.80. The summed E-state index contributed by atoms with van der Waals surface area (Å²) in [6, 6.07) is 7.64. The van der Waals surface area contributed by atoms with E-state index in [1.165, 1.54) is 0 Å². The summed E-state index contributed by atoms with van der Waals surface area (Å²) in [5, 5.41) is 0.760. The number of hydrogen-bond acceptors (Lipinski definition) is 3. The van der Waals surface area contributed by atoms with E-state index >= 15 is 0 Å².